The summed E-state index contributed by atoms with van der Waals surface area (Å²) in [6, 6.07) is 0. The summed E-state index contributed by atoms with van der Waals surface area (Å²) in [6.45, 7) is 3.30. The largest absolute Gasteiger partial charge is 0.632 e. The molecule has 0 amide bonds. The molecule has 0 aliphatic carbocycles. The van der Waals surface area contributed by atoms with E-state index in [1.807, 2.05) is 0 Å². The van der Waals surface area contributed by atoms with Crippen LogP contribution >= 0.6 is 0 Å². The Kier molecular flexibility index (Phi) is 10.3. The summed E-state index contributed by atoms with van der Waals surface area (Å²) in [4.78, 5) is 0. The molecule has 0 fully saturated rings. The maximum atomic E-state index is 10.4. The molecule has 10 heavy (non-hydrogen) atoms. The van der Waals surface area contributed by atoms with Gasteiger partial charge in [0.1, 0.15) is 0 Å². The van der Waals surface area contributed by atoms with Crippen molar-refractivity contribution in [1.82, 2.24) is 0 Å². The van der Waals surface area contributed by atoms with Gasteiger partial charge in [-0.05, 0) is 0 Å². The van der Waals surface area contributed by atoms with Gasteiger partial charge in [0.25, 0.3) is 0 Å². The molecule has 0 heterocycles. The fourth-order valence-corrected chi connectivity index (χ4v) is 0.249. The van der Waals surface area contributed by atoms with Gasteiger partial charge in [-0.25, -0.2) is 0 Å². The number of rotatable bonds is 2. The fraction of sp³-hybridized carbons (Fsp3) is 0.833. The van der Waals surface area contributed by atoms with Crippen LogP contribution in [-0.4, -0.2) is 17.9 Å². The first-order chi connectivity index (χ1) is 3.50. The topological polar surface area (TPSA) is 47.7 Å². The minimum Gasteiger partial charge on any atom is -0.632 e. The summed E-state index contributed by atoms with van der Waals surface area (Å²) in [6.07, 6.45) is 0.488. The zero-order valence-corrected chi connectivity index (χ0v) is 8.12. The molecule has 3 nitrogen and oxygen atoms in total. The summed E-state index contributed by atoms with van der Waals surface area (Å²) >= 11 is 0. The van der Waals surface area contributed by atoms with E-state index in [9.17, 15) is 5.21 Å². The van der Waals surface area contributed by atoms with Crippen molar-refractivity contribution in [3.63, 3.8) is 0 Å². The van der Waals surface area contributed by atoms with Crippen LogP contribution in [0.25, 0.3) is 0 Å². The summed E-state index contributed by atoms with van der Waals surface area (Å²) in [5.74, 6) is 0. The van der Waals surface area contributed by atoms with Gasteiger partial charge in [-0.2, -0.15) is 0 Å². The average Bonchev–Trinajstić information content (AvgIpc) is 1.67. The summed E-state index contributed by atoms with van der Waals surface area (Å²) in [5, 5.41) is 19.3. The fourth-order valence-electron chi connectivity index (χ4n) is 0.249. The Labute approximate surface area is 73.5 Å². The van der Waals surface area contributed by atoms with E-state index in [1.54, 1.807) is 6.92 Å². The third-order valence-electron chi connectivity index (χ3n) is 1.45. The van der Waals surface area contributed by atoms with E-state index in [-0.39, 0.29) is 29.6 Å². The predicted octanol–water partition coefficient (Wildman–Crippen LogP) is -0.435. The van der Waals surface area contributed by atoms with Crippen LogP contribution in [0.3, 0.4) is 0 Å². The molecule has 2 N–H and O–H groups in total. The molecule has 2 atom stereocenters. The molecule has 0 saturated carbocycles. The first-order valence-electron chi connectivity index (χ1n) is 2.74. The molecule has 0 aromatic rings. The molecule has 0 aliphatic rings. The molecule has 0 aliphatic heterocycles. The summed E-state index contributed by atoms with van der Waals surface area (Å²) in [7, 11) is 1.39. The van der Waals surface area contributed by atoms with Crippen LogP contribution in [0.4, 0.5) is 0 Å². The van der Waals surface area contributed by atoms with Crippen LogP contribution in [-0.2, 0) is 17.1 Å². The van der Waals surface area contributed by atoms with Crippen LogP contribution in [0, 0.1) is 12.6 Å². The van der Waals surface area contributed by atoms with Gasteiger partial charge < -0.3 is 22.8 Å². The van der Waals surface area contributed by atoms with Gasteiger partial charge in [-0.3, -0.25) is 0 Å². The number of quaternary nitrogens is 1. The van der Waals surface area contributed by atoms with Crippen molar-refractivity contribution >= 4 is 0 Å². The van der Waals surface area contributed by atoms with Crippen molar-refractivity contribution in [2.45, 2.75) is 26.0 Å². The van der Waals surface area contributed by atoms with E-state index in [4.69, 9.17) is 5.11 Å². The third-order valence-corrected chi connectivity index (χ3v) is 1.45. The molecular formula is C6H16MnNO2-. The van der Waals surface area contributed by atoms with Crippen LogP contribution in [0.5, 0.6) is 0 Å². The quantitative estimate of drug-likeness (QED) is 0.268. The van der Waals surface area contributed by atoms with Gasteiger partial charge in [-0.1, -0.05) is 6.92 Å². The first-order valence-corrected chi connectivity index (χ1v) is 2.74. The second kappa shape index (κ2) is 6.13. The molecule has 0 bridgehead atoms. The molecule has 4 heteroatoms. The van der Waals surface area contributed by atoms with E-state index in [1.165, 1.54) is 14.0 Å². The van der Waals surface area contributed by atoms with Gasteiger partial charge >= 0.3 is 0 Å². The minimum atomic E-state index is -1.10. The van der Waals surface area contributed by atoms with Crippen LogP contribution in [0.2, 0.25) is 0 Å². The number of nitrogens with one attached hydrogen (secondary N) is 1. The molecule has 0 rings (SSSR count). The number of hydroxylamine groups is 2. The minimum absolute atomic E-state index is 0. The van der Waals surface area contributed by atoms with E-state index >= 15 is 0 Å². The number of hydrogen-bond donors (Lipinski definition) is 2. The Morgan fingerprint density at radius 3 is 1.90 bits per heavy atom. The molecule has 65 valence electrons. The van der Waals surface area contributed by atoms with Crippen LogP contribution < -0.4 is 5.06 Å². The van der Waals surface area contributed by atoms with Crippen molar-refractivity contribution in [3.8, 4) is 0 Å². The maximum Gasteiger partial charge on any atom is 0.195 e. The van der Waals surface area contributed by atoms with Crippen molar-refractivity contribution in [3.05, 3.63) is 12.6 Å². The normalized spacial score (nSPS) is 17.7. The number of aliphatic hydroxyl groups is 1. The Hall–Kier alpha value is 0.399. The molecule has 1 radical (unpaired) electrons. The average molecular weight is 189 g/mol. The second-order valence-corrected chi connectivity index (χ2v) is 2.18. The van der Waals surface area contributed by atoms with Gasteiger partial charge in [0, 0.05) is 30.4 Å². The smallest absolute Gasteiger partial charge is 0.195 e. The summed E-state index contributed by atoms with van der Waals surface area (Å²) < 4.78 is 0. The molecular weight excluding hydrogens is 173 g/mol. The molecule has 0 spiro atoms. The zero-order valence-electron chi connectivity index (χ0n) is 6.94. The van der Waals surface area contributed by atoms with Crippen LogP contribution in [0.1, 0.15) is 20.3 Å². The van der Waals surface area contributed by atoms with Crippen molar-refractivity contribution in [1.29, 1.82) is 0 Å². The van der Waals surface area contributed by atoms with Crippen molar-refractivity contribution in [2.75, 3.05) is 7.05 Å². The monoisotopic (exact) mass is 189 g/mol. The SMILES string of the molecule is CCC(C)(O)[NH+](C)[O-].[CH3-].[Mn]. The van der Waals surface area contributed by atoms with Gasteiger partial charge in [0.05, 0.1) is 7.05 Å². The van der Waals surface area contributed by atoms with E-state index < -0.39 is 5.72 Å². The van der Waals surface area contributed by atoms with Gasteiger partial charge in [-0.15, -0.1) is 0 Å². The standard InChI is InChI=1S/C5H13NO2.CH3.Mn/c1-4-5(2,7)6(3)8;;/h6-7H,4H2,1-3H3;1H3;/q;-1;. The Balaban J connectivity index is -0.000000245. The predicted molar refractivity (Wildman–Crippen MR) is 37.6 cm³/mol. The van der Waals surface area contributed by atoms with E-state index in [2.05, 4.69) is 0 Å². The third kappa shape index (κ3) is 5.21. The van der Waals surface area contributed by atoms with Crippen molar-refractivity contribution < 1.29 is 27.2 Å². The van der Waals surface area contributed by atoms with Gasteiger partial charge in [0.2, 0.25) is 0 Å². The Morgan fingerprint density at radius 1 is 1.60 bits per heavy atom. The molecule has 0 saturated heterocycles. The van der Waals surface area contributed by atoms with Crippen LogP contribution in [0.15, 0.2) is 0 Å². The van der Waals surface area contributed by atoms with Gasteiger partial charge in [0.15, 0.2) is 5.72 Å². The molecule has 0 aromatic heterocycles. The second-order valence-electron chi connectivity index (χ2n) is 2.18. The molecule has 0 aromatic carbocycles. The first kappa shape index (κ1) is 16.8. The zero-order chi connectivity index (χ0) is 6.78. The maximum absolute atomic E-state index is 10.4. The van der Waals surface area contributed by atoms with E-state index in [0.717, 1.165) is 0 Å². The van der Waals surface area contributed by atoms with E-state index in [0.29, 0.717) is 6.42 Å². The Bertz CT molecular complexity index is 76.1. The molecule has 2 unspecified atom stereocenters. The summed E-state index contributed by atoms with van der Waals surface area (Å²) in [5.41, 5.74) is -1.10. The Morgan fingerprint density at radius 2 is 1.90 bits per heavy atom. The number of hydrogen-bond acceptors (Lipinski definition) is 2. The van der Waals surface area contributed by atoms with Crippen molar-refractivity contribution in [2.24, 2.45) is 0 Å².